The fourth-order valence-corrected chi connectivity index (χ4v) is 3.29. The number of nitrogen functional groups attached to an aromatic ring is 1. The van der Waals surface area contributed by atoms with Crippen LogP contribution in [0.15, 0.2) is 24.4 Å². The van der Waals surface area contributed by atoms with Crippen LogP contribution in [0.3, 0.4) is 0 Å². The van der Waals surface area contributed by atoms with Crippen LogP contribution < -0.4 is 5.73 Å². The van der Waals surface area contributed by atoms with Gasteiger partial charge in [-0.3, -0.25) is 4.79 Å². The molecule has 0 radical (unpaired) electrons. The molecule has 0 unspecified atom stereocenters. The standard InChI is InChI=1S/C17H17ClN4O/c18-15-8-12(7-14(21-15)11-1-2-11)17(23)22-6-4-10-3-5-20-16(19)13(10)9-22/h3,5,7-8,11H,1-2,4,6,9H2,(H2,19,20). The maximum atomic E-state index is 12.8. The molecule has 1 aliphatic carbocycles. The van der Waals surface area contributed by atoms with Crippen LogP contribution in [0.2, 0.25) is 5.15 Å². The van der Waals surface area contributed by atoms with Gasteiger partial charge < -0.3 is 10.6 Å². The average molecular weight is 329 g/mol. The lowest BCUT2D eigenvalue weighted by molar-refractivity contribution is 0.0735. The van der Waals surface area contributed by atoms with E-state index in [0.717, 1.165) is 30.5 Å². The van der Waals surface area contributed by atoms with Gasteiger partial charge in [-0.1, -0.05) is 11.6 Å². The number of halogens is 1. The van der Waals surface area contributed by atoms with Gasteiger partial charge in [-0.15, -0.1) is 0 Å². The Balaban J connectivity index is 1.62. The molecule has 0 spiro atoms. The van der Waals surface area contributed by atoms with Gasteiger partial charge in [0, 0.05) is 42.0 Å². The lowest BCUT2D eigenvalue weighted by Gasteiger charge is -2.29. The molecular formula is C17H17ClN4O. The Labute approximate surface area is 139 Å². The van der Waals surface area contributed by atoms with Crippen molar-refractivity contribution in [2.45, 2.75) is 31.7 Å². The van der Waals surface area contributed by atoms with Gasteiger partial charge in [-0.05, 0) is 43.0 Å². The predicted octanol–water partition coefficient (Wildman–Crippen LogP) is 2.79. The largest absolute Gasteiger partial charge is 0.383 e. The molecule has 23 heavy (non-hydrogen) atoms. The summed E-state index contributed by atoms with van der Waals surface area (Å²) in [6.45, 7) is 1.17. The van der Waals surface area contributed by atoms with Crippen molar-refractivity contribution in [2.75, 3.05) is 12.3 Å². The first-order chi connectivity index (χ1) is 11.1. The summed E-state index contributed by atoms with van der Waals surface area (Å²) >= 11 is 6.10. The average Bonchev–Trinajstić information content (AvgIpc) is 3.39. The molecule has 0 bridgehead atoms. The molecule has 5 nitrogen and oxygen atoms in total. The minimum atomic E-state index is -0.0231. The Bertz CT molecular complexity index is 788. The first kappa shape index (κ1) is 14.5. The van der Waals surface area contributed by atoms with Crippen molar-refractivity contribution in [2.24, 2.45) is 0 Å². The number of carbonyl (C=O) groups excluding carboxylic acids is 1. The molecule has 0 atom stereocenters. The third-order valence-electron chi connectivity index (χ3n) is 4.53. The Hall–Kier alpha value is -2.14. The zero-order valence-corrected chi connectivity index (χ0v) is 13.4. The van der Waals surface area contributed by atoms with E-state index in [-0.39, 0.29) is 5.91 Å². The van der Waals surface area contributed by atoms with Crippen LogP contribution in [0.1, 0.15) is 45.9 Å². The summed E-state index contributed by atoms with van der Waals surface area (Å²) in [5.41, 5.74) is 9.63. The highest BCUT2D eigenvalue weighted by Crippen LogP contribution is 2.39. The third-order valence-corrected chi connectivity index (χ3v) is 4.72. The molecule has 0 saturated heterocycles. The Kier molecular flexibility index (Phi) is 3.45. The molecule has 1 amide bonds. The molecule has 2 aromatic heterocycles. The number of aromatic nitrogens is 2. The second-order valence-corrected chi connectivity index (χ2v) is 6.58. The minimum absolute atomic E-state index is 0.0231. The molecule has 1 aliphatic heterocycles. The van der Waals surface area contributed by atoms with E-state index in [1.807, 2.05) is 17.0 Å². The van der Waals surface area contributed by atoms with E-state index in [2.05, 4.69) is 9.97 Å². The molecule has 3 heterocycles. The first-order valence-electron chi connectivity index (χ1n) is 7.81. The molecule has 0 aromatic carbocycles. The SMILES string of the molecule is Nc1nccc2c1CN(C(=O)c1cc(Cl)nc(C3CC3)c1)CC2. The summed E-state index contributed by atoms with van der Waals surface area (Å²) in [6.07, 6.45) is 4.76. The molecule has 118 valence electrons. The Morgan fingerprint density at radius 2 is 2.17 bits per heavy atom. The summed E-state index contributed by atoms with van der Waals surface area (Å²) in [5, 5.41) is 0.386. The van der Waals surface area contributed by atoms with Crippen LogP contribution in [-0.2, 0) is 13.0 Å². The van der Waals surface area contributed by atoms with Crippen LogP contribution in [0.4, 0.5) is 5.82 Å². The van der Waals surface area contributed by atoms with Gasteiger partial charge in [0.05, 0.1) is 0 Å². The summed E-state index contributed by atoms with van der Waals surface area (Å²) in [6, 6.07) is 5.51. The number of pyridine rings is 2. The van der Waals surface area contributed by atoms with E-state index in [4.69, 9.17) is 17.3 Å². The number of amides is 1. The fraction of sp³-hybridized carbons (Fsp3) is 0.353. The molecule has 2 aliphatic rings. The molecule has 2 N–H and O–H groups in total. The van der Waals surface area contributed by atoms with Gasteiger partial charge in [-0.2, -0.15) is 0 Å². The van der Waals surface area contributed by atoms with Crippen molar-refractivity contribution in [1.82, 2.24) is 14.9 Å². The molecular weight excluding hydrogens is 312 g/mol. The number of nitrogens with zero attached hydrogens (tertiary/aromatic N) is 3. The molecule has 6 heteroatoms. The van der Waals surface area contributed by atoms with Crippen molar-refractivity contribution >= 4 is 23.3 Å². The van der Waals surface area contributed by atoms with Gasteiger partial charge in [-0.25, -0.2) is 9.97 Å². The monoisotopic (exact) mass is 328 g/mol. The second-order valence-electron chi connectivity index (χ2n) is 6.19. The number of hydrogen-bond donors (Lipinski definition) is 1. The van der Waals surface area contributed by atoms with Crippen molar-refractivity contribution in [3.8, 4) is 0 Å². The molecule has 4 rings (SSSR count). The number of rotatable bonds is 2. The van der Waals surface area contributed by atoms with Gasteiger partial charge in [0.25, 0.3) is 5.91 Å². The van der Waals surface area contributed by atoms with E-state index in [0.29, 0.717) is 35.5 Å². The van der Waals surface area contributed by atoms with E-state index >= 15 is 0 Å². The van der Waals surface area contributed by atoms with Crippen LogP contribution in [-0.4, -0.2) is 27.3 Å². The van der Waals surface area contributed by atoms with Crippen LogP contribution >= 0.6 is 11.6 Å². The van der Waals surface area contributed by atoms with E-state index in [9.17, 15) is 4.79 Å². The number of anilines is 1. The number of carbonyl (C=O) groups is 1. The van der Waals surface area contributed by atoms with Crippen LogP contribution in [0.25, 0.3) is 0 Å². The van der Waals surface area contributed by atoms with Crippen molar-refractivity contribution in [1.29, 1.82) is 0 Å². The van der Waals surface area contributed by atoms with Gasteiger partial charge >= 0.3 is 0 Å². The van der Waals surface area contributed by atoms with Crippen molar-refractivity contribution in [3.05, 3.63) is 51.9 Å². The maximum absolute atomic E-state index is 12.8. The van der Waals surface area contributed by atoms with Crippen LogP contribution in [0.5, 0.6) is 0 Å². The summed E-state index contributed by atoms with van der Waals surface area (Å²) in [4.78, 5) is 23.1. The summed E-state index contributed by atoms with van der Waals surface area (Å²) in [7, 11) is 0. The third kappa shape index (κ3) is 2.77. The zero-order valence-electron chi connectivity index (χ0n) is 12.6. The van der Waals surface area contributed by atoms with E-state index in [1.54, 1.807) is 12.3 Å². The normalized spacial score (nSPS) is 17.0. The lowest BCUT2D eigenvalue weighted by Crippen LogP contribution is -2.36. The number of fused-ring (bicyclic) bond motifs is 1. The van der Waals surface area contributed by atoms with Crippen molar-refractivity contribution < 1.29 is 4.79 Å². The highest BCUT2D eigenvalue weighted by atomic mass is 35.5. The molecule has 1 fully saturated rings. The smallest absolute Gasteiger partial charge is 0.254 e. The van der Waals surface area contributed by atoms with Gasteiger partial charge in [0.1, 0.15) is 11.0 Å². The first-order valence-corrected chi connectivity index (χ1v) is 8.18. The van der Waals surface area contributed by atoms with Crippen LogP contribution in [0, 0.1) is 0 Å². The minimum Gasteiger partial charge on any atom is -0.383 e. The zero-order chi connectivity index (χ0) is 16.0. The number of nitrogens with two attached hydrogens (primary N) is 1. The molecule has 2 aromatic rings. The van der Waals surface area contributed by atoms with Gasteiger partial charge in [0.15, 0.2) is 0 Å². The Morgan fingerprint density at radius 1 is 1.35 bits per heavy atom. The van der Waals surface area contributed by atoms with E-state index in [1.165, 1.54) is 5.56 Å². The van der Waals surface area contributed by atoms with Gasteiger partial charge in [0.2, 0.25) is 0 Å². The predicted molar refractivity (Wildman–Crippen MR) is 88.3 cm³/mol. The summed E-state index contributed by atoms with van der Waals surface area (Å²) in [5.74, 6) is 0.943. The maximum Gasteiger partial charge on any atom is 0.254 e. The van der Waals surface area contributed by atoms with E-state index < -0.39 is 0 Å². The quantitative estimate of drug-likeness (QED) is 0.860. The summed E-state index contributed by atoms with van der Waals surface area (Å²) < 4.78 is 0. The second kappa shape index (κ2) is 5.49. The highest BCUT2D eigenvalue weighted by molar-refractivity contribution is 6.29. The topological polar surface area (TPSA) is 72.1 Å². The Morgan fingerprint density at radius 3 is 2.96 bits per heavy atom. The number of hydrogen-bond acceptors (Lipinski definition) is 4. The highest BCUT2D eigenvalue weighted by Gasteiger charge is 2.28. The van der Waals surface area contributed by atoms with Crippen molar-refractivity contribution in [3.63, 3.8) is 0 Å². The fourth-order valence-electron chi connectivity index (χ4n) is 3.08. The lowest BCUT2D eigenvalue weighted by atomic mass is 10.0. The molecule has 1 saturated carbocycles.